The highest BCUT2D eigenvalue weighted by Crippen LogP contribution is 2.30. The van der Waals surface area contributed by atoms with Crippen LogP contribution < -0.4 is 20.1 Å². The molecule has 1 fully saturated rings. The van der Waals surface area contributed by atoms with Crippen molar-refractivity contribution in [1.82, 2.24) is 15.1 Å². The fraction of sp³-hybridized carbons (Fsp3) is 0.750. The number of benzene rings is 1. The molecule has 1 aromatic rings. The molecular formula is C32H60N4O6. The third-order valence-corrected chi connectivity index (χ3v) is 6.81. The molecule has 4 N–H and O–H groups in total. The Kier molecular flexibility index (Phi) is 21.6. The first kappa shape index (κ1) is 39.4. The number of amides is 3. The van der Waals surface area contributed by atoms with Crippen LogP contribution in [-0.4, -0.2) is 97.1 Å². The zero-order chi connectivity index (χ0) is 32.1. The summed E-state index contributed by atoms with van der Waals surface area (Å²) in [6.07, 6.45) is 4.57. The Hall–Kier alpha value is -2.56. The van der Waals surface area contributed by atoms with Crippen LogP contribution in [-0.2, 0) is 4.79 Å². The number of nitrogens with zero attached hydrogens (tertiary/aromatic N) is 2. The fourth-order valence-electron chi connectivity index (χ4n) is 4.15. The number of β-amino-alcohol motifs (C(OH)–C–C–N with tert-alkyl or cyclic N) is 1. The van der Waals surface area contributed by atoms with Gasteiger partial charge in [-0.25, -0.2) is 4.79 Å². The van der Waals surface area contributed by atoms with Gasteiger partial charge in [-0.05, 0) is 37.3 Å². The number of hydrogen-bond acceptors (Lipinski definition) is 7. The molecule has 3 atom stereocenters. The summed E-state index contributed by atoms with van der Waals surface area (Å²) in [5.74, 6) is 1.87. The zero-order valence-electron chi connectivity index (χ0n) is 27.7. The summed E-state index contributed by atoms with van der Waals surface area (Å²) in [6.45, 7) is 16.2. The van der Waals surface area contributed by atoms with Crippen LogP contribution in [0.3, 0.4) is 0 Å². The minimum Gasteiger partial charge on any atom is -0.497 e. The number of aliphatic hydroxyl groups excluding tert-OH is 2. The average Bonchev–Trinajstić information content (AvgIpc) is 3.39. The van der Waals surface area contributed by atoms with Crippen molar-refractivity contribution in [3.63, 3.8) is 0 Å². The van der Waals surface area contributed by atoms with Crippen molar-refractivity contribution >= 4 is 17.6 Å². The first-order valence-electron chi connectivity index (χ1n) is 15.7. The lowest BCUT2D eigenvalue weighted by Gasteiger charge is -2.30. The Morgan fingerprint density at radius 1 is 1.10 bits per heavy atom. The van der Waals surface area contributed by atoms with Gasteiger partial charge in [-0.2, -0.15) is 0 Å². The molecule has 0 spiro atoms. The van der Waals surface area contributed by atoms with Gasteiger partial charge in [0, 0.05) is 38.3 Å². The van der Waals surface area contributed by atoms with Gasteiger partial charge in [-0.3, -0.25) is 9.69 Å². The molecule has 3 unspecified atom stereocenters. The van der Waals surface area contributed by atoms with Crippen LogP contribution in [0.25, 0.3) is 0 Å². The quantitative estimate of drug-likeness (QED) is 0.235. The second kappa shape index (κ2) is 23.0. The summed E-state index contributed by atoms with van der Waals surface area (Å²) in [7, 11) is 3.09. The minimum atomic E-state index is -0.959. The normalized spacial score (nSPS) is 16.9. The lowest BCUT2D eigenvalue weighted by Crippen LogP contribution is -2.47. The Labute approximate surface area is 255 Å². The van der Waals surface area contributed by atoms with E-state index in [0.717, 1.165) is 25.2 Å². The Morgan fingerprint density at radius 3 is 2.24 bits per heavy atom. The molecule has 0 aromatic heterocycles. The van der Waals surface area contributed by atoms with Gasteiger partial charge in [0.25, 0.3) is 0 Å². The lowest BCUT2D eigenvalue weighted by atomic mass is 10.1. The van der Waals surface area contributed by atoms with E-state index in [0.29, 0.717) is 43.2 Å². The third kappa shape index (κ3) is 14.6. The Bertz CT molecular complexity index is 869. The highest BCUT2D eigenvalue weighted by molar-refractivity contribution is 5.92. The van der Waals surface area contributed by atoms with Crippen LogP contribution in [0.2, 0.25) is 0 Å². The van der Waals surface area contributed by atoms with E-state index in [1.807, 2.05) is 11.8 Å². The number of hydrogen-bond donors (Lipinski definition) is 4. The number of rotatable bonds is 14. The summed E-state index contributed by atoms with van der Waals surface area (Å²) in [5, 5.41) is 25.2. The molecule has 0 radical (unpaired) electrons. The van der Waals surface area contributed by atoms with Gasteiger partial charge in [0.2, 0.25) is 5.91 Å². The van der Waals surface area contributed by atoms with Gasteiger partial charge in [-0.1, -0.05) is 67.7 Å². The predicted molar refractivity (Wildman–Crippen MR) is 171 cm³/mol. The number of anilines is 1. The molecule has 3 amide bonds. The fourth-order valence-corrected chi connectivity index (χ4v) is 4.15. The topological polar surface area (TPSA) is 124 Å². The summed E-state index contributed by atoms with van der Waals surface area (Å²) >= 11 is 0. The maximum atomic E-state index is 13.4. The Balaban J connectivity index is 0.00000186. The molecule has 0 aliphatic carbocycles. The number of aliphatic hydroxyl groups is 2. The molecule has 10 heteroatoms. The molecule has 1 aromatic carbocycles. The van der Waals surface area contributed by atoms with E-state index in [1.54, 1.807) is 30.2 Å². The van der Waals surface area contributed by atoms with E-state index < -0.39 is 12.1 Å². The number of nitrogens with one attached hydrogen (secondary N) is 2. The van der Waals surface area contributed by atoms with E-state index in [2.05, 4.69) is 52.2 Å². The molecule has 244 valence electrons. The van der Waals surface area contributed by atoms with Gasteiger partial charge in [-0.15, -0.1) is 0 Å². The molecule has 1 aliphatic heterocycles. The number of urea groups is 1. The molecule has 10 nitrogen and oxygen atoms in total. The van der Waals surface area contributed by atoms with Gasteiger partial charge in [0.1, 0.15) is 11.5 Å². The standard InChI is InChI=1S/C24H40N4O6.C5H12.C3H8/c1-5-7-11-28(24(32)26-20-13-19(33-3)8-9-22(20)34-4)17-12-21(23(31)25-10-6-2)27(14-17)15-18(30)16-29;1-4-5(2)3;1-3-2/h8-9,13,17-18,21,29-30H,5-7,10-12,14-16H2,1-4H3,(H,25,31)(H,26,32);5H,4H2,1-3H3;3H2,1-2H3. The maximum absolute atomic E-state index is 13.4. The second-order valence-corrected chi connectivity index (χ2v) is 11.0. The van der Waals surface area contributed by atoms with Crippen molar-refractivity contribution in [3.8, 4) is 11.5 Å². The number of unbranched alkanes of at least 4 members (excludes halogenated alkanes) is 1. The average molecular weight is 597 g/mol. The maximum Gasteiger partial charge on any atom is 0.322 e. The predicted octanol–water partition coefficient (Wildman–Crippen LogP) is 5.13. The van der Waals surface area contributed by atoms with Crippen molar-refractivity contribution in [1.29, 1.82) is 0 Å². The highest BCUT2D eigenvalue weighted by atomic mass is 16.5. The van der Waals surface area contributed by atoms with E-state index in [-0.39, 0.29) is 31.1 Å². The van der Waals surface area contributed by atoms with E-state index in [4.69, 9.17) is 9.47 Å². The monoisotopic (exact) mass is 596 g/mol. The molecule has 1 heterocycles. The number of ether oxygens (including phenoxy) is 2. The van der Waals surface area contributed by atoms with Crippen LogP contribution in [0.1, 0.15) is 87.0 Å². The van der Waals surface area contributed by atoms with Gasteiger partial charge in [0.15, 0.2) is 0 Å². The van der Waals surface area contributed by atoms with Crippen LogP contribution in [0.5, 0.6) is 11.5 Å². The summed E-state index contributed by atoms with van der Waals surface area (Å²) in [5.41, 5.74) is 0.496. The van der Waals surface area contributed by atoms with E-state index in [1.165, 1.54) is 20.0 Å². The SMILES string of the molecule is CCC.CCC(C)C.CCCCN(C(=O)Nc1cc(OC)ccc1OC)C1CC(C(=O)NCCC)N(CC(O)CO)C1. The zero-order valence-corrected chi connectivity index (χ0v) is 27.7. The molecule has 0 bridgehead atoms. The van der Waals surface area contributed by atoms with Crippen LogP contribution >= 0.6 is 0 Å². The molecular weight excluding hydrogens is 536 g/mol. The van der Waals surface area contributed by atoms with Gasteiger partial charge >= 0.3 is 6.03 Å². The third-order valence-electron chi connectivity index (χ3n) is 6.81. The number of carbonyl (C=O) groups is 2. The van der Waals surface area contributed by atoms with Crippen molar-refractivity contribution in [3.05, 3.63) is 18.2 Å². The van der Waals surface area contributed by atoms with Crippen LogP contribution in [0, 0.1) is 5.92 Å². The first-order valence-corrected chi connectivity index (χ1v) is 15.7. The van der Waals surface area contributed by atoms with Crippen molar-refractivity contribution in [2.24, 2.45) is 5.92 Å². The van der Waals surface area contributed by atoms with E-state index >= 15 is 0 Å². The van der Waals surface area contributed by atoms with Crippen molar-refractivity contribution < 1.29 is 29.3 Å². The highest BCUT2D eigenvalue weighted by Gasteiger charge is 2.41. The number of methoxy groups -OCH3 is 2. The van der Waals surface area contributed by atoms with Crippen LogP contribution in [0.4, 0.5) is 10.5 Å². The minimum absolute atomic E-state index is 0.125. The molecule has 1 saturated heterocycles. The van der Waals surface area contributed by atoms with Crippen molar-refractivity contribution in [2.75, 3.05) is 52.3 Å². The molecule has 1 aliphatic rings. The smallest absolute Gasteiger partial charge is 0.322 e. The first-order chi connectivity index (χ1) is 20.1. The largest absolute Gasteiger partial charge is 0.497 e. The summed E-state index contributed by atoms with van der Waals surface area (Å²) in [4.78, 5) is 29.9. The molecule has 2 rings (SSSR count). The summed E-state index contributed by atoms with van der Waals surface area (Å²) in [6, 6.07) is 4.18. The molecule has 42 heavy (non-hydrogen) atoms. The van der Waals surface area contributed by atoms with Crippen LogP contribution in [0.15, 0.2) is 18.2 Å². The van der Waals surface area contributed by atoms with E-state index in [9.17, 15) is 19.8 Å². The molecule has 0 saturated carbocycles. The Morgan fingerprint density at radius 2 is 1.74 bits per heavy atom. The number of likely N-dealkylation sites (tertiary alicyclic amines) is 1. The van der Waals surface area contributed by atoms with Gasteiger partial charge < -0.3 is 35.2 Å². The van der Waals surface area contributed by atoms with Gasteiger partial charge in [0.05, 0.1) is 38.7 Å². The number of carbonyl (C=O) groups excluding carboxylic acids is 2. The summed E-state index contributed by atoms with van der Waals surface area (Å²) < 4.78 is 10.7. The second-order valence-electron chi connectivity index (χ2n) is 11.0. The lowest BCUT2D eigenvalue weighted by molar-refractivity contribution is -0.126. The van der Waals surface area contributed by atoms with Crippen molar-refractivity contribution in [2.45, 2.75) is 105 Å².